The summed E-state index contributed by atoms with van der Waals surface area (Å²) in [7, 11) is 0. The standard InChI is InChI=1S/C22H28O4/c1-4-21(25)12-10-16-17-9-8-15-7-5-6-11-19(15,2)22(17,26-18(23)24)14-13-20(16,21)3/h1,5,7-8,16-17,25H,6,9-14H2,2-3H3,(H,23,24)/t16-,17-,19-,20-,21-,22+/m0/s1. The Labute approximate surface area is 155 Å². The van der Waals surface area contributed by atoms with Crippen LogP contribution < -0.4 is 0 Å². The van der Waals surface area contributed by atoms with Gasteiger partial charge in [-0.05, 0) is 56.4 Å². The molecule has 4 aliphatic carbocycles. The Morgan fingerprint density at radius 1 is 1.27 bits per heavy atom. The van der Waals surface area contributed by atoms with Gasteiger partial charge in [-0.25, -0.2) is 4.79 Å². The van der Waals surface area contributed by atoms with Gasteiger partial charge in [0.2, 0.25) is 0 Å². The van der Waals surface area contributed by atoms with Gasteiger partial charge in [0.25, 0.3) is 0 Å². The van der Waals surface area contributed by atoms with Crippen molar-refractivity contribution in [1.29, 1.82) is 0 Å². The summed E-state index contributed by atoms with van der Waals surface area (Å²) in [4.78, 5) is 11.7. The van der Waals surface area contributed by atoms with Crippen LogP contribution in [-0.2, 0) is 4.74 Å². The fraction of sp³-hybridized carbons (Fsp3) is 0.682. The average molecular weight is 356 g/mol. The number of allylic oxidation sites excluding steroid dienone is 3. The second-order valence-corrected chi connectivity index (χ2v) is 9.10. The van der Waals surface area contributed by atoms with Gasteiger partial charge in [-0.1, -0.05) is 38.0 Å². The molecule has 0 heterocycles. The number of fused-ring (bicyclic) bond motifs is 5. The van der Waals surface area contributed by atoms with Crippen LogP contribution in [0, 0.1) is 35.0 Å². The molecule has 2 saturated carbocycles. The van der Waals surface area contributed by atoms with Crippen molar-refractivity contribution in [2.75, 3.05) is 0 Å². The van der Waals surface area contributed by atoms with E-state index in [0.29, 0.717) is 19.3 Å². The van der Waals surface area contributed by atoms with Crippen molar-refractivity contribution in [2.24, 2.45) is 22.7 Å². The number of carboxylic acid groups (broad SMARTS) is 1. The molecule has 0 amide bonds. The number of hydrogen-bond donors (Lipinski definition) is 2. The SMILES string of the molecule is C#C[C@]1(O)CC[C@H]2[C@@H]3CC=C4C=CCC[C@]4(C)[C@@]3(OC(=O)O)CC[C@@]21C. The lowest BCUT2D eigenvalue weighted by Crippen LogP contribution is -2.65. The predicted molar refractivity (Wildman–Crippen MR) is 98.4 cm³/mol. The monoisotopic (exact) mass is 356 g/mol. The van der Waals surface area contributed by atoms with E-state index in [2.05, 4.69) is 38.0 Å². The first-order valence-corrected chi connectivity index (χ1v) is 9.72. The third-order valence-corrected chi connectivity index (χ3v) is 8.46. The number of hydrogen-bond acceptors (Lipinski definition) is 3. The van der Waals surface area contributed by atoms with Crippen LogP contribution in [0.4, 0.5) is 4.79 Å². The molecule has 4 heteroatoms. The van der Waals surface area contributed by atoms with Gasteiger partial charge in [0, 0.05) is 16.7 Å². The summed E-state index contributed by atoms with van der Waals surface area (Å²) in [5.41, 5.74) is -1.34. The third kappa shape index (κ3) is 1.93. The van der Waals surface area contributed by atoms with Crippen LogP contribution in [0.3, 0.4) is 0 Å². The van der Waals surface area contributed by atoms with E-state index >= 15 is 0 Å². The minimum Gasteiger partial charge on any atom is -0.450 e. The lowest BCUT2D eigenvalue weighted by Gasteiger charge is -2.62. The maximum atomic E-state index is 11.7. The van der Waals surface area contributed by atoms with Crippen LogP contribution in [0.5, 0.6) is 0 Å². The van der Waals surface area contributed by atoms with Gasteiger partial charge in [0.05, 0.1) is 0 Å². The highest BCUT2D eigenvalue weighted by Gasteiger charge is 2.70. The minimum absolute atomic E-state index is 0.0555. The van der Waals surface area contributed by atoms with Crippen molar-refractivity contribution >= 4 is 6.16 Å². The summed E-state index contributed by atoms with van der Waals surface area (Å²) in [6, 6.07) is 0. The van der Waals surface area contributed by atoms with Gasteiger partial charge in [0.15, 0.2) is 0 Å². The highest BCUT2D eigenvalue weighted by molar-refractivity contribution is 5.59. The van der Waals surface area contributed by atoms with Crippen LogP contribution in [0.15, 0.2) is 23.8 Å². The van der Waals surface area contributed by atoms with E-state index in [9.17, 15) is 15.0 Å². The van der Waals surface area contributed by atoms with E-state index in [0.717, 1.165) is 25.7 Å². The lowest BCUT2D eigenvalue weighted by atomic mass is 9.45. The average Bonchev–Trinajstić information content (AvgIpc) is 2.87. The molecule has 0 radical (unpaired) electrons. The van der Waals surface area contributed by atoms with Gasteiger partial charge < -0.3 is 14.9 Å². The molecule has 0 aromatic heterocycles. The van der Waals surface area contributed by atoms with E-state index in [-0.39, 0.29) is 22.7 Å². The zero-order valence-corrected chi connectivity index (χ0v) is 15.6. The summed E-state index contributed by atoms with van der Waals surface area (Å²) in [6.45, 7) is 4.26. The molecule has 140 valence electrons. The normalized spacial score (nSPS) is 49.2. The molecule has 6 atom stereocenters. The minimum atomic E-state index is -1.19. The molecule has 0 saturated heterocycles. The Morgan fingerprint density at radius 2 is 2.04 bits per heavy atom. The number of ether oxygens (including phenoxy) is 1. The number of aliphatic hydroxyl groups is 1. The molecule has 4 nitrogen and oxygen atoms in total. The molecule has 0 spiro atoms. The van der Waals surface area contributed by atoms with E-state index < -0.39 is 17.4 Å². The molecule has 2 fully saturated rings. The molecule has 0 aliphatic heterocycles. The molecule has 2 N–H and O–H groups in total. The largest absolute Gasteiger partial charge is 0.506 e. The first-order valence-electron chi connectivity index (χ1n) is 9.72. The molecular formula is C22H28O4. The first kappa shape index (κ1) is 17.7. The van der Waals surface area contributed by atoms with Crippen molar-refractivity contribution in [1.82, 2.24) is 0 Å². The van der Waals surface area contributed by atoms with E-state index in [1.54, 1.807) is 0 Å². The number of terminal acetylenes is 1. The van der Waals surface area contributed by atoms with Crippen LogP contribution in [0.2, 0.25) is 0 Å². The molecule has 4 aliphatic rings. The van der Waals surface area contributed by atoms with Gasteiger partial charge in [0.1, 0.15) is 11.2 Å². The summed E-state index contributed by atoms with van der Waals surface area (Å²) in [5.74, 6) is 2.89. The van der Waals surface area contributed by atoms with Crippen LogP contribution in [0.25, 0.3) is 0 Å². The summed E-state index contributed by atoms with van der Waals surface area (Å²) in [5, 5.41) is 20.7. The Bertz CT molecular complexity index is 746. The second kappa shape index (κ2) is 5.39. The molecule has 4 rings (SSSR count). The van der Waals surface area contributed by atoms with Crippen molar-refractivity contribution < 1.29 is 19.7 Å². The highest BCUT2D eigenvalue weighted by Crippen LogP contribution is 2.69. The molecular weight excluding hydrogens is 328 g/mol. The van der Waals surface area contributed by atoms with Crippen molar-refractivity contribution in [3.63, 3.8) is 0 Å². The molecule has 0 unspecified atom stereocenters. The third-order valence-electron chi connectivity index (χ3n) is 8.46. The zero-order valence-electron chi connectivity index (χ0n) is 15.6. The number of carbonyl (C=O) groups is 1. The summed E-state index contributed by atoms with van der Waals surface area (Å²) in [6.07, 6.45) is 16.4. The van der Waals surface area contributed by atoms with Crippen LogP contribution in [0.1, 0.15) is 58.8 Å². The van der Waals surface area contributed by atoms with E-state index in [4.69, 9.17) is 11.2 Å². The Kier molecular flexibility index (Phi) is 3.66. The van der Waals surface area contributed by atoms with Gasteiger partial charge in [-0.3, -0.25) is 0 Å². The second-order valence-electron chi connectivity index (χ2n) is 9.10. The quantitative estimate of drug-likeness (QED) is 0.543. The maximum Gasteiger partial charge on any atom is 0.506 e. The van der Waals surface area contributed by atoms with E-state index in [1.807, 2.05) is 0 Å². The lowest BCUT2D eigenvalue weighted by molar-refractivity contribution is -0.199. The fourth-order valence-corrected chi connectivity index (χ4v) is 6.85. The highest BCUT2D eigenvalue weighted by atomic mass is 16.7. The Balaban J connectivity index is 1.85. The van der Waals surface area contributed by atoms with Crippen molar-refractivity contribution in [3.05, 3.63) is 23.8 Å². The maximum absolute atomic E-state index is 11.7. The van der Waals surface area contributed by atoms with Crippen molar-refractivity contribution in [3.8, 4) is 12.3 Å². The number of rotatable bonds is 1. The zero-order chi connectivity index (χ0) is 18.8. The molecule has 0 bridgehead atoms. The van der Waals surface area contributed by atoms with Gasteiger partial charge in [-0.15, -0.1) is 6.42 Å². The molecule has 0 aromatic carbocycles. The molecule has 0 aromatic rings. The first-order chi connectivity index (χ1) is 12.2. The Morgan fingerprint density at radius 3 is 2.73 bits per heavy atom. The van der Waals surface area contributed by atoms with Crippen molar-refractivity contribution in [2.45, 2.75) is 70.0 Å². The van der Waals surface area contributed by atoms with Crippen LogP contribution in [-0.4, -0.2) is 27.6 Å². The summed E-state index contributed by atoms with van der Waals surface area (Å²) >= 11 is 0. The smallest absolute Gasteiger partial charge is 0.450 e. The van der Waals surface area contributed by atoms with Gasteiger partial charge in [-0.2, -0.15) is 0 Å². The fourth-order valence-electron chi connectivity index (χ4n) is 6.85. The Hall–Kier alpha value is -1.73. The molecule has 26 heavy (non-hydrogen) atoms. The van der Waals surface area contributed by atoms with E-state index in [1.165, 1.54) is 5.57 Å². The predicted octanol–water partition coefficient (Wildman–Crippen LogP) is 4.30. The topological polar surface area (TPSA) is 66.8 Å². The summed E-state index contributed by atoms with van der Waals surface area (Å²) < 4.78 is 5.82. The van der Waals surface area contributed by atoms with Gasteiger partial charge >= 0.3 is 6.16 Å². The van der Waals surface area contributed by atoms with Crippen LogP contribution >= 0.6 is 0 Å².